The summed E-state index contributed by atoms with van der Waals surface area (Å²) in [6.07, 6.45) is 2.57. The third kappa shape index (κ3) is 5.71. The Kier molecular flexibility index (Phi) is 11.6. The molecular formula is C21H33Cl2NTi. The second-order valence-corrected chi connectivity index (χ2v) is 9.16. The van der Waals surface area contributed by atoms with E-state index in [0.717, 1.165) is 0 Å². The van der Waals surface area contributed by atoms with Crippen molar-refractivity contribution in [2.45, 2.75) is 58.6 Å². The number of hydrogen-bond acceptors (Lipinski definition) is 1. The minimum atomic E-state index is -0.144. The van der Waals surface area contributed by atoms with Gasteiger partial charge < -0.3 is 0 Å². The van der Waals surface area contributed by atoms with Crippen LogP contribution in [0.3, 0.4) is 0 Å². The van der Waals surface area contributed by atoms with Crippen LogP contribution in [0.1, 0.15) is 69.7 Å². The van der Waals surface area contributed by atoms with Crippen LogP contribution < -0.4 is 3.80 Å². The maximum Gasteiger partial charge on any atom is -0.147 e. The fourth-order valence-electron chi connectivity index (χ4n) is 3.49. The molecule has 1 aromatic carbocycles. The van der Waals surface area contributed by atoms with E-state index in [4.69, 9.17) is 0 Å². The molecule has 0 saturated heterocycles. The van der Waals surface area contributed by atoms with Crippen molar-refractivity contribution in [3.63, 3.8) is 0 Å². The number of halogens is 2. The maximum atomic E-state index is 3.74. The monoisotopic (exact) mass is 417 g/mol. The zero-order chi connectivity index (χ0) is 17.0. The fourth-order valence-corrected chi connectivity index (χ4v) is 5.10. The molecule has 0 saturated carbocycles. The molecular weight excluding hydrogens is 385 g/mol. The predicted molar refractivity (Wildman–Crippen MR) is 112 cm³/mol. The van der Waals surface area contributed by atoms with E-state index in [0.29, 0.717) is 10.1 Å². The van der Waals surface area contributed by atoms with Crippen molar-refractivity contribution in [3.05, 3.63) is 52.1 Å². The van der Waals surface area contributed by atoms with Crippen molar-refractivity contribution in [1.29, 1.82) is 0 Å². The van der Waals surface area contributed by atoms with Crippen LogP contribution in [0.2, 0.25) is 0 Å². The van der Waals surface area contributed by atoms with Crippen molar-refractivity contribution < 1.29 is 19.4 Å². The Balaban J connectivity index is 0.00000288. The normalized spacial score (nSPS) is 17.9. The van der Waals surface area contributed by atoms with Gasteiger partial charge >= 0.3 is 152 Å². The summed E-state index contributed by atoms with van der Waals surface area (Å²) in [5, 5.41) is 0. The summed E-state index contributed by atoms with van der Waals surface area (Å²) in [6.45, 7) is 15.1. The largest absolute Gasteiger partial charge is 0.147 e. The van der Waals surface area contributed by atoms with Crippen molar-refractivity contribution in [3.8, 4) is 0 Å². The summed E-state index contributed by atoms with van der Waals surface area (Å²) >= 11 is -0.144. The van der Waals surface area contributed by atoms with Gasteiger partial charge in [0.2, 0.25) is 0 Å². The molecule has 1 N–H and O–H groups in total. The van der Waals surface area contributed by atoms with E-state index in [2.05, 4.69) is 69.6 Å². The first kappa shape index (κ1) is 25.0. The molecule has 0 radical (unpaired) electrons. The molecule has 0 heterocycles. The van der Waals surface area contributed by atoms with Crippen molar-refractivity contribution in [2.75, 3.05) is 6.54 Å². The molecule has 25 heavy (non-hydrogen) atoms. The van der Waals surface area contributed by atoms with Crippen molar-refractivity contribution in [2.24, 2.45) is 5.92 Å². The Bertz CT molecular complexity index is 622. The van der Waals surface area contributed by atoms with Crippen LogP contribution in [0.4, 0.5) is 0 Å². The molecule has 2 unspecified atom stereocenters. The standard InChI is InChI=1S/C17H21.C4H10N.2ClH.Ti/c1-6-15-9-7-8-10-16(15)17-13(4)11(2)12(3)14(17)5;1-2-3-4-5;;;/h6-10,13H,1-5H3;5H,2-4H2,1H3;2*1H;/q;-1;;;+1. The number of hydrogen-bond donors (Lipinski definition) is 1. The minimum Gasteiger partial charge on any atom is -0.147 e. The molecule has 1 aromatic rings. The molecule has 0 spiro atoms. The van der Waals surface area contributed by atoms with E-state index in [1.165, 1.54) is 41.7 Å². The van der Waals surface area contributed by atoms with Crippen LogP contribution in [-0.2, 0) is 19.4 Å². The number of rotatable bonds is 7. The van der Waals surface area contributed by atoms with Gasteiger partial charge in [-0.3, -0.25) is 0 Å². The van der Waals surface area contributed by atoms with E-state index in [1.807, 2.05) is 0 Å². The van der Waals surface area contributed by atoms with Gasteiger partial charge in [-0.25, -0.2) is 0 Å². The molecule has 4 heteroatoms. The van der Waals surface area contributed by atoms with Gasteiger partial charge in [-0.15, -0.1) is 24.8 Å². The van der Waals surface area contributed by atoms with Crippen LogP contribution in [-0.4, -0.2) is 6.54 Å². The van der Waals surface area contributed by atoms with Crippen LogP contribution in [0.25, 0.3) is 5.57 Å². The van der Waals surface area contributed by atoms with Gasteiger partial charge in [-0.05, 0) is 0 Å². The van der Waals surface area contributed by atoms with Crippen molar-refractivity contribution in [1.82, 2.24) is 3.80 Å². The summed E-state index contributed by atoms with van der Waals surface area (Å²) in [5.41, 5.74) is 9.11. The van der Waals surface area contributed by atoms with E-state index < -0.39 is 0 Å². The molecule has 0 fully saturated rings. The number of unbranched alkanes of at least 4 members (excludes halogenated alkanes) is 1. The molecule has 0 bridgehead atoms. The minimum absolute atomic E-state index is 0. The van der Waals surface area contributed by atoms with Gasteiger partial charge in [0.25, 0.3) is 0 Å². The second-order valence-electron chi connectivity index (χ2n) is 6.80. The zero-order valence-corrected chi connectivity index (χ0v) is 19.6. The third-order valence-corrected chi connectivity index (χ3v) is 7.20. The molecule has 2 atom stereocenters. The van der Waals surface area contributed by atoms with E-state index >= 15 is 0 Å². The van der Waals surface area contributed by atoms with Crippen molar-refractivity contribution >= 4 is 30.4 Å². The van der Waals surface area contributed by atoms with Crippen LogP contribution in [0, 0.1) is 5.92 Å². The molecule has 1 aliphatic carbocycles. The van der Waals surface area contributed by atoms with Gasteiger partial charge in [0.05, 0.1) is 0 Å². The quantitative estimate of drug-likeness (QED) is 0.382. The molecule has 1 aliphatic rings. The molecule has 0 amide bonds. The average Bonchev–Trinajstić information content (AvgIpc) is 2.75. The van der Waals surface area contributed by atoms with Gasteiger partial charge in [0, 0.05) is 0 Å². The molecule has 0 aliphatic heterocycles. The number of benzene rings is 1. The summed E-state index contributed by atoms with van der Waals surface area (Å²) in [4.78, 5) is 0. The summed E-state index contributed by atoms with van der Waals surface area (Å²) in [5.74, 6) is 0.552. The number of nitrogens with one attached hydrogen (secondary N) is 1. The fraction of sp³-hybridized carbons (Fsp3) is 0.524. The van der Waals surface area contributed by atoms with Gasteiger partial charge in [-0.1, -0.05) is 0 Å². The Labute approximate surface area is 176 Å². The van der Waals surface area contributed by atoms with Gasteiger partial charge in [0.1, 0.15) is 0 Å². The SMILES string of the molecule is CCCC[NH][Ti][CH](C)c1ccccc1C1=C(C)C(C)=C(C)C1C.Cl.Cl. The Morgan fingerprint density at radius 2 is 1.72 bits per heavy atom. The molecule has 2 rings (SSSR count). The second kappa shape index (κ2) is 11.6. The van der Waals surface area contributed by atoms with E-state index in [-0.39, 0.29) is 44.2 Å². The average molecular weight is 418 g/mol. The predicted octanol–water partition coefficient (Wildman–Crippen LogP) is 6.74. The maximum absolute atomic E-state index is 3.74. The third-order valence-electron chi connectivity index (χ3n) is 5.33. The topological polar surface area (TPSA) is 12.0 Å². The van der Waals surface area contributed by atoms with Crippen LogP contribution >= 0.6 is 24.8 Å². The van der Waals surface area contributed by atoms with E-state index in [1.54, 1.807) is 11.1 Å². The first-order valence-corrected chi connectivity index (χ1v) is 10.6. The van der Waals surface area contributed by atoms with E-state index in [9.17, 15) is 0 Å². The van der Waals surface area contributed by atoms with Crippen LogP contribution in [0.15, 0.2) is 41.0 Å². The smallest absolute Gasteiger partial charge is 0.147 e. The first-order chi connectivity index (χ1) is 11.0. The molecule has 1 nitrogen and oxygen atoms in total. The zero-order valence-electron chi connectivity index (χ0n) is 16.4. The van der Waals surface area contributed by atoms with Crippen LogP contribution in [0.5, 0.6) is 0 Å². The summed E-state index contributed by atoms with van der Waals surface area (Å²) in [6, 6.07) is 9.09. The first-order valence-electron chi connectivity index (χ1n) is 8.95. The molecule has 140 valence electrons. The Hall–Kier alpha value is -0.0457. The molecule has 0 aromatic heterocycles. The summed E-state index contributed by atoms with van der Waals surface area (Å²) in [7, 11) is 0. The number of allylic oxidation sites excluding steroid dienone is 4. The Morgan fingerprint density at radius 3 is 2.28 bits per heavy atom. The summed E-state index contributed by atoms with van der Waals surface area (Å²) < 4.78 is 4.40. The Morgan fingerprint density at radius 1 is 1.08 bits per heavy atom. The van der Waals surface area contributed by atoms with Gasteiger partial charge in [0.15, 0.2) is 0 Å². The van der Waals surface area contributed by atoms with Gasteiger partial charge in [-0.2, -0.15) is 0 Å².